The quantitative estimate of drug-likeness (QED) is 0.692. The topological polar surface area (TPSA) is 60.2 Å². The van der Waals surface area contributed by atoms with E-state index < -0.39 is 0 Å². The highest BCUT2D eigenvalue weighted by Crippen LogP contribution is 2.16. The largest absolute Gasteiger partial charge is 0.383 e. The van der Waals surface area contributed by atoms with E-state index >= 15 is 0 Å². The molecule has 0 atom stereocenters. The molecule has 96 valence electrons. The lowest BCUT2D eigenvalue weighted by atomic mass is 10.6. The van der Waals surface area contributed by atoms with Crippen LogP contribution in [0.1, 0.15) is 5.82 Å². The maximum Gasteiger partial charge on any atom is 0.232 e. The molecule has 0 radical (unpaired) electrons. The molecule has 0 unspecified atom stereocenters. The van der Waals surface area contributed by atoms with E-state index in [9.17, 15) is 4.79 Å². The SMILES string of the molecule is COCCn1c(C)nnc1SCC(=O)N(C)C. The van der Waals surface area contributed by atoms with Crippen LogP contribution in [0, 0.1) is 6.92 Å². The molecule has 1 aromatic rings. The van der Waals surface area contributed by atoms with Crippen LogP contribution in [0.5, 0.6) is 0 Å². The zero-order chi connectivity index (χ0) is 12.8. The number of rotatable bonds is 6. The maximum absolute atomic E-state index is 11.5. The van der Waals surface area contributed by atoms with Gasteiger partial charge in [-0.05, 0) is 6.92 Å². The van der Waals surface area contributed by atoms with E-state index in [0.29, 0.717) is 18.9 Å². The minimum absolute atomic E-state index is 0.0638. The number of hydrogen-bond donors (Lipinski definition) is 0. The van der Waals surface area contributed by atoms with Crippen molar-refractivity contribution in [2.75, 3.05) is 33.6 Å². The van der Waals surface area contributed by atoms with Crippen molar-refractivity contribution in [3.8, 4) is 0 Å². The van der Waals surface area contributed by atoms with E-state index in [1.54, 1.807) is 26.1 Å². The summed E-state index contributed by atoms with van der Waals surface area (Å²) in [4.78, 5) is 13.0. The summed E-state index contributed by atoms with van der Waals surface area (Å²) in [5.41, 5.74) is 0. The van der Waals surface area contributed by atoms with Gasteiger partial charge in [-0.15, -0.1) is 10.2 Å². The van der Waals surface area contributed by atoms with Crippen molar-refractivity contribution in [2.24, 2.45) is 0 Å². The minimum atomic E-state index is 0.0638. The predicted molar refractivity (Wildman–Crippen MR) is 66.1 cm³/mol. The van der Waals surface area contributed by atoms with Gasteiger partial charge in [0.25, 0.3) is 0 Å². The molecule has 0 saturated heterocycles. The van der Waals surface area contributed by atoms with Crippen LogP contribution < -0.4 is 0 Å². The second-order valence-electron chi connectivity index (χ2n) is 3.75. The van der Waals surface area contributed by atoms with Gasteiger partial charge in [0.15, 0.2) is 5.16 Å². The number of aryl methyl sites for hydroxylation is 1. The van der Waals surface area contributed by atoms with Crippen molar-refractivity contribution in [1.82, 2.24) is 19.7 Å². The van der Waals surface area contributed by atoms with Crippen LogP contribution in [0.3, 0.4) is 0 Å². The van der Waals surface area contributed by atoms with Gasteiger partial charge < -0.3 is 14.2 Å². The lowest BCUT2D eigenvalue weighted by Crippen LogP contribution is -2.23. The zero-order valence-electron chi connectivity index (χ0n) is 10.6. The van der Waals surface area contributed by atoms with Gasteiger partial charge in [-0.1, -0.05) is 11.8 Å². The standard InChI is InChI=1S/C10H18N4O2S/c1-8-11-12-10(14(8)5-6-16-4)17-7-9(15)13(2)3/h5-7H2,1-4H3. The minimum Gasteiger partial charge on any atom is -0.383 e. The number of aromatic nitrogens is 3. The number of ether oxygens (including phenoxy) is 1. The summed E-state index contributed by atoms with van der Waals surface area (Å²) in [7, 11) is 5.13. The average molecular weight is 258 g/mol. The van der Waals surface area contributed by atoms with E-state index in [-0.39, 0.29) is 5.91 Å². The summed E-state index contributed by atoms with van der Waals surface area (Å²) in [5, 5.41) is 8.81. The summed E-state index contributed by atoms with van der Waals surface area (Å²) >= 11 is 1.40. The highest BCUT2D eigenvalue weighted by Gasteiger charge is 2.12. The third-order valence-electron chi connectivity index (χ3n) is 2.24. The molecule has 1 rings (SSSR count). The summed E-state index contributed by atoms with van der Waals surface area (Å²) in [6.07, 6.45) is 0. The number of carbonyl (C=O) groups is 1. The first-order chi connectivity index (χ1) is 8.06. The van der Waals surface area contributed by atoms with Gasteiger partial charge in [0.1, 0.15) is 5.82 Å². The van der Waals surface area contributed by atoms with Crippen LogP contribution in [-0.2, 0) is 16.1 Å². The Kier molecular flexibility index (Phi) is 5.43. The number of thioether (sulfide) groups is 1. The Bertz CT molecular complexity index is 378. The fraction of sp³-hybridized carbons (Fsp3) is 0.700. The first-order valence-corrected chi connectivity index (χ1v) is 6.26. The molecule has 1 aromatic heterocycles. The second-order valence-corrected chi connectivity index (χ2v) is 4.69. The molecule has 1 heterocycles. The molecule has 0 N–H and O–H groups in total. The van der Waals surface area contributed by atoms with Crippen LogP contribution in [0.2, 0.25) is 0 Å². The summed E-state index contributed by atoms with van der Waals surface area (Å²) in [6.45, 7) is 3.20. The molecule has 0 aromatic carbocycles. The van der Waals surface area contributed by atoms with E-state index in [4.69, 9.17) is 4.74 Å². The fourth-order valence-electron chi connectivity index (χ4n) is 1.16. The van der Waals surface area contributed by atoms with E-state index in [2.05, 4.69) is 10.2 Å². The van der Waals surface area contributed by atoms with Crippen LogP contribution in [0.25, 0.3) is 0 Å². The third-order valence-corrected chi connectivity index (χ3v) is 3.20. The number of methoxy groups -OCH3 is 1. The number of hydrogen-bond acceptors (Lipinski definition) is 5. The predicted octanol–water partition coefficient (Wildman–Crippen LogP) is 0.413. The van der Waals surface area contributed by atoms with Gasteiger partial charge in [-0.25, -0.2) is 0 Å². The molecule has 0 bridgehead atoms. The zero-order valence-corrected chi connectivity index (χ0v) is 11.5. The number of amides is 1. The maximum atomic E-state index is 11.5. The molecule has 0 aliphatic carbocycles. The Labute approximate surface area is 105 Å². The van der Waals surface area contributed by atoms with Gasteiger partial charge in [-0.3, -0.25) is 4.79 Å². The summed E-state index contributed by atoms with van der Waals surface area (Å²) in [5.74, 6) is 1.27. The Balaban J connectivity index is 2.61. The van der Waals surface area contributed by atoms with E-state index in [1.807, 2.05) is 11.5 Å². The fourth-order valence-corrected chi connectivity index (χ4v) is 2.15. The van der Waals surface area contributed by atoms with Crippen molar-refractivity contribution in [3.63, 3.8) is 0 Å². The van der Waals surface area contributed by atoms with Crippen molar-refractivity contribution in [2.45, 2.75) is 18.6 Å². The molecular weight excluding hydrogens is 240 g/mol. The van der Waals surface area contributed by atoms with Gasteiger partial charge in [0.05, 0.1) is 12.4 Å². The second kappa shape index (κ2) is 6.61. The Morgan fingerprint density at radius 1 is 1.47 bits per heavy atom. The van der Waals surface area contributed by atoms with Gasteiger partial charge in [0.2, 0.25) is 5.91 Å². The first-order valence-electron chi connectivity index (χ1n) is 5.28. The summed E-state index contributed by atoms with van der Waals surface area (Å²) in [6, 6.07) is 0. The smallest absolute Gasteiger partial charge is 0.232 e. The van der Waals surface area contributed by atoms with E-state index in [1.165, 1.54) is 11.8 Å². The first kappa shape index (κ1) is 14.0. The van der Waals surface area contributed by atoms with Gasteiger partial charge in [0, 0.05) is 27.7 Å². The van der Waals surface area contributed by atoms with Gasteiger partial charge >= 0.3 is 0 Å². The molecule has 0 aliphatic rings. The molecule has 17 heavy (non-hydrogen) atoms. The van der Waals surface area contributed by atoms with Crippen molar-refractivity contribution in [3.05, 3.63) is 5.82 Å². The number of nitrogens with zero attached hydrogens (tertiary/aromatic N) is 4. The Morgan fingerprint density at radius 2 is 2.18 bits per heavy atom. The van der Waals surface area contributed by atoms with Crippen molar-refractivity contribution in [1.29, 1.82) is 0 Å². The molecule has 7 heteroatoms. The highest BCUT2D eigenvalue weighted by atomic mass is 32.2. The molecule has 0 spiro atoms. The highest BCUT2D eigenvalue weighted by molar-refractivity contribution is 7.99. The lowest BCUT2D eigenvalue weighted by molar-refractivity contribution is -0.125. The third kappa shape index (κ3) is 4.01. The Morgan fingerprint density at radius 3 is 2.76 bits per heavy atom. The van der Waals surface area contributed by atoms with Crippen molar-refractivity contribution < 1.29 is 9.53 Å². The van der Waals surface area contributed by atoms with Crippen molar-refractivity contribution >= 4 is 17.7 Å². The molecule has 0 fully saturated rings. The average Bonchev–Trinajstić information content (AvgIpc) is 2.64. The Hall–Kier alpha value is -1.08. The van der Waals surface area contributed by atoms with Crippen LogP contribution in [-0.4, -0.2) is 59.1 Å². The van der Waals surface area contributed by atoms with Crippen LogP contribution >= 0.6 is 11.8 Å². The molecule has 6 nitrogen and oxygen atoms in total. The lowest BCUT2D eigenvalue weighted by Gasteiger charge is -2.10. The normalized spacial score (nSPS) is 10.6. The van der Waals surface area contributed by atoms with Crippen LogP contribution in [0.15, 0.2) is 5.16 Å². The molecule has 1 amide bonds. The van der Waals surface area contributed by atoms with Gasteiger partial charge in [-0.2, -0.15) is 0 Å². The monoisotopic (exact) mass is 258 g/mol. The molecule has 0 saturated carbocycles. The van der Waals surface area contributed by atoms with Crippen LogP contribution in [0.4, 0.5) is 0 Å². The molecular formula is C10H18N4O2S. The molecule has 0 aliphatic heterocycles. The van der Waals surface area contributed by atoms with E-state index in [0.717, 1.165) is 11.0 Å². The number of carbonyl (C=O) groups excluding carboxylic acids is 1. The summed E-state index contributed by atoms with van der Waals surface area (Å²) < 4.78 is 6.98.